The number of aliphatic hydroxyl groups is 5. The number of nitrogens with one attached hydrogen (secondary N) is 1. The van der Waals surface area contributed by atoms with E-state index in [0.29, 0.717) is 0 Å². The third-order valence-corrected chi connectivity index (χ3v) is 5.52. The number of aliphatic imine (C=N–C) groups is 1. The minimum absolute atomic E-state index is 0. The predicted octanol–water partition coefficient (Wildman–Crippen LogP) is -7.87. The Bertz CT molecular complexity index is 740. The van der Waals surface area contributed by atoms with Crippen LogP contribution in [0.15, 0.2) is 4.99 Å². The molecule has 0 unspecified atom stereocenters. The summed E-state index contributed by atoms with van der Waals surface area (Å²) in [6.07, 6.45) is -9.49. The largest absolute Gasteiger partial charge is 1.00 e. The Morgan fingerprint density at radius 3 is 2.47 bits per heavy atom. The van der Waals surface area contributed by atoms with E-state index in [9.17, 15) is 38.5 Å². The van der Waals surface area contributed by atoms with Gasteiger partial charge in [0.2, 0.25) is 0 Å². The molecule has 3 rings (SSSR count). The molecule has 0 aromatic heterocycles. The van der Waals surface area contributed by atoms with Crippen LogP contribution in [0.5, 0.6) is 0 Å². The smallest absolute Gasteiger partial charge is 0.735 e. The quantitative estimate of drug-likeness (QED) is 0.159. The molecule has 0 aliphatic carbocycles. The molecule has 0 radical (unpaired) electrons. The molecule has 3 aliphatic heterocycles. The number of nitrogens with zero attached hydrogens (tertiary/aromatic N) is 1. The minimum Gasteiger partial charge on any atom is -0.735 e. The van der Waals surface area contributed by atoms with E-state index in [1.807, 2.05) is 0 Å². The Labute approximate surface area is 194 Å². The van der Waals surface area contributed by atoms with Crippen LogP contribution in [0.2, 0.25) is 0 Å². The molecule has 168 valence electrons. The summed E-state index contributed by atoms with van der Waals surface area (Å²) >= 11 is 0. The second-order valence-electron chi connectivity index (χ2n) is 6.93. The molecule has 30 heavy (non-hydrogen) atoms. The van der Waals surface area contributed by atoms with Crippen molar-refractivity contribution in [3.63, 3.8) is 0 Å². The zero-order chi connectivity index (χ0) is 21.6. The van der Waals surface area contributed by atoms with Gasteiger partial charge in [-0.1, -0.05) is 0 Å². The van der Waals surface area contributed by atoms with Gasteiger partial charge < -0.3 is 49.0 Å². The molecule has 16 heteroatoms. The van der Waals surface area contributed by atoms with Gasteiger partial charge in [0.15, 0.2) is 28.6 Å². The maximum atomic E-state index is 11.2. The Kier molecular flexibility index (Phi) is 8.65. The zero-order valence-electron chi connectivity index (χ0n) is 16.2. The number of rotatable bonds is 6. The molecular formula is C14H23N2NaO12S. The third-order valence-electron chi connectivity index (χ3n) is 4.96. The molecule has 0 bridgehead atoms. The Morgan fingerprint density at radius 1 is 1.27 bits per heavy atom. The summed E-state index contributed by atoms with van der Waals surface area (Å²) in [5, 5.41) is 50.1. The van der Waals surface area contributed by atoms with Gasteiger partial charge in [0.25, 0.3) is 5.79 Å². The molecule has 6 N–H and O–H groups in total. The van der Waals surface area contributed by atoms with Gasteiger partial charge >= 0.3 is 29.6 Å². The van der Waals surface area contributed by atoms with E-state index in [1.165, 1.54) is 6.92 Å². The molecule has 0 aromatic carbocycles. The molecule has 0 spiro atoms. The maximum absolute atomic E-state index is 11.2. The molecule has 2 fully saturated rings. The molecular weight excluding hydrogens is 443 g/mol. The minimum atomic E-state index is -5.13. The van der Waals surface area contributed by atoms with Crippen molar-refractivity contribution in [3.8, 4) is 0 Å². The van der Waals surface area contributed by atoms with Gasteiger partial charge in [-0.3, -0.25) is 0 Å². The summed E-state index contributed by atoms with van der Waals surface area (Å²) < 4.78 is 56.7. The SMILES string of the molecule is CC1=N[C@H]2CO[C@H](CO)[C@@H](O[C@@H]3O[C@H](CO)[C@@H](O)[C@H](O)[C@H]3NS(=O)(=O)[O-])[C@@]2(O)O1.[Na+]. The molecule has 2 saturated heterocycles. The Hall–Kier alpha value is 0.0200. The average molecular weight is 466 g/mol. The van der Waals surface area contributed by atoms with Crippen molar-refractivity contribution in [2.75, 3.05) is 19.8 Å². The van der Waals surface area contributed by atoms with E-state index in [2.05, 4.69) is 4.99 Å². The summed E-state index contributed by atoms with van der Waals surface area (Å²) in [6, 6.07) is -2.74. The normalized spacial score (nSPS) is 43.9. The molecule has 0 aromatic rings. The van der Waals surface area contributed by atoms with E-state index >= 15 is 0 Å². The van der Waals surface area contributed by atoms with Crippen LogP contribution in [0.1, 0.15) is 6.92 Å². The Balaban J connectivity index is 0.00000320. The van der Waals surface area contributed by atoms with E-state index < -0.39 is 78.2 Å². The van der Waals surface area contributed by atoms with E-state index in [4.69, 9.17) is 18.9 Å². The van der Waals surface area contributed by atoms with Crippen molar-refractivity contribution in [1.82, 2.24) is 4.72 Å². The van der Waals surface area contributed by atoms with Crippen molar-refractivity contribution in [2.24, 2.45) is 4.99 Å². The molecule has 9 atom stereocenters. The van der Waals surface area contributed by atoms with Gasteiger partial charge in [-0.05, 0) is 0 Å². The number of fused-ring (bicyclic) bond motifs is 1. The van der Waals surface area contributed by atoms with Crippen LogP contribution < -0.4 is 34.3 Å². The fourth-order valence-corrected chi connectivity index (χ4v) is 4.17. The molecule has 0 amide bonds. The number of hydrogen-bond acceptors (Lipinski definition) is 13. The van der Waals surface area contributed by atoms with Crippen LogP contribution in [0, 0.1) is 0 Å². The first-order valence-electron chi connectivity index (χ1n) is 8.69. The van der Waals surface area contributed by atoms with E-state index in [0.717, 1.165) is 0 Å². The fourth-order valence-electron chi connectivity index (χ4n) is 3.58. The van der Waals surface area contributed by atoms with Gasteiger partial charge in [0.05, 0.1) is 19.8 Å². The van der Waals surface area contributed by atoms with Crippen LogP contribution in [-0.4, -0.2) is 119 Å². The monoisotopic (exact) mass is 466 g/mol. The van der Waals surface area contributed by atoms with Gasteiger partial charge in [0, 0.05) is 6.92 Å². The van der Waals surface area contributed by atoms with E-state index in [-0.39, 0.29) is 42.1 Å². The first kappa shape index (κ1) is 26.3. The van der Waals surface area contributed by atoms with E-state index in [1.54, 1.807) is 4.72 Å². The molecule has 3 heterocycles. The van der Waals surface area contributed by atoms with Crippen molar-refractivity contribution < 1.29 is 87.0 Å². The number of ether oxygens (including phenoxy) is 4. The second kappa shape index (κ2) is 9.88. The van der Waals surface area contributed by atoms with Crippen LogP contribution in [0.3, 0.4) is 0 Å². The van der Waals surface area contributed by atoms with Crippen molar-refractivity contribution in [2.45, 2.75) is 61.6 Å². The maximum Gasteiger partial charge on any atom is 1.00 e. The van der Waals surface area contributed by atoms with Crippen molar-refractivity contribution in [3.05, 3.63) is 0 Å². The van der Waals surface area contributed by atoms with Gasteiger partial charge in [-0.2, -0.15) is 0 Å². The summed E-state index contributed by atoms with van der Waals surface area (Å²) in [7, 11) is -5.13. The predicted molar refractivity (Wildman–Crippen MR) is 89.0 cm³/mol. The Morgan fingerprint density at radius 2 is 1.90 bits per heavy atom. The van der Waals surface area contributed by atoms with Gasteiger partial charge in [-0.15, -0.1) is 0 Å². The summed E-state index contributed by atoms with van der Waals surface area (Å²) in [4.78, 5) is 4.06. The fraction of sp³-hybridized carbons (Fsp3) is 0.929. The average Bonchev–Trinajstić information content (AvgIpc) is 2.94. The summed E-state index contributed by atoms with van der Waals surface area (Å²) in [5.74, 6) is -2.01. The molecule has 3 aliphatic rings. The zero-order valence-corrected chi connectivity index (χ0v) is 19.0. The summed E-state index contributed by atoms with van der Waals surface area (Å²) in [6.45, 7) is -0.0527. The van der Waals surface area contributed by atoms with Crippen molar-refractivity contribution >= 4 is 16.2 Å². The van der Waals surface area contributed by atoms with Crippen LogP contribution in [0.4, 0.5) is 0 Å². The second-order valence-corrected chi connectivity index (χ2v) is 8.08. The topological polar surface area (TPSA) is 220 Å². The van der Waals surface area contributed by atoms with Crippen molar-refractivity contribution in [1.29, 1.82) is 0 Å². The number of aliphatic hydroxyl groups excluding tert-OH is 4. The van der Waals surface area contributed by atoms with Crippen LogP contribution in [0.25, 0.3) is 0 Å². The number of hydrogen-bond donors (Lipinski definition) is 6. The van der Waals surface area contributed by atoms with Crippen LogP contribution in [-0.2, 0) is 29.3 Å². The molecule has 0 saturated carbocycles. The first-order valence-corrected chi connectivity index (χ1v) is 10.1. The summed E-state index contributed by atoms with van der Waals surface area (Å²) in [5.41, 5.74) is 0. The van der Waals surface area contributed by atoms with Gasteiger partial charge in [0.1, 0.15) is 36.5 Å². The first-order chi connectivity index (χ1) is 13.5. The van der Waals surface area contributed by atoms with Gasteiger partial charge in [-0.25, -0.2) is 18.1 Å². The molecule has 14 nitrogen and oxygen atoms in total. The standard InChI is InChI=1S/C14H24N2O12S.Na/c1-5-15-8-4-25-7(3-18)12(14(8,21)28-5)27-13-9(16-29(22,23)24)11(20)10(19)6(2-17)26-13;/h6-13,16-21H,2-4H2,1H3,(H,22,23,24);/q;+1/p-1/t6-,7-,8+,9-,10-,11-,12-,13+,14+;/m1./s1. The third kappa shape index (κ3) is 5.15. The van der Waals surface area contributed by atoms with Crippen LogP contribution >= 0.6 is 0 Å².